The lowest BCUT2D eigenvalue weighted by molar-refractivity contribution is -0.123. The average Bonchev–Trinajstić information content (AvgIpc) is 2.31. The second kappa shape index (κ2) is 5.31. The molecule has 1 rings (SSSR count). The van der Waals surface area contributed by atoms with E-state index in [4.69, 9.17) is 5.53 Å². The first-order valence-corrected chi connectivity index (χ1v) is 7.59. The molecule has 0 amide bonds. The van der Waals surface area contributed by atoms with Crippen molar-refractivity contribution in [3.05, 3.63) is 34.9 Å². The third-order valence-corrected chi connectivity index (χ3v) is 4.65. The van der Waals surface area contributed by atoms with E-state index in [1.54, 1.807) is 46.8 Å². The Morgan fingerprint density at radius 2 is 1.75 bits per heavy atom. The number of Topliss-reactive ketones (excluding diaryl/α,β-unsaturated/α-hetero) is 1. The number of hydrogen-bond donors (Lipinski definition) is 0. The summed E-state index contributed by atoms with van der Waals surface area (Å²) in [6, 6.07) is 4.89. The Morgan fingerprint density at radius 1 is 1.20 bits per heavy atom. The first kappa shape index (κ1) is 16.3. The van der Waals surface area contributed by atoms with Crippen LogP contribution >= 0.6 is 0 Å². The second-order valence-electron chi connectivity index (χ2n) is 5.76. The molecule has 20 heavy (non-hydrogen) atoms. The molecule has 0 radical (unpaired) electrons. The molecule has 0 aliphatic carbocycles. The number of carbonyl (C=O) groups is 1. The molecule has 0 aliphatic rings. The van der Waals surface area contributed by atoms with Gasteiger partial charge in [0.2, 0.25) is 0 Å². The summed E-state index contributed by atoms with van der Waals surface area (Å²) < 4.78 is 25.0. The molecule has 0 fully saturated rings. The van der Waals surface area contributed by atoms with Crippen LogP contribution in [0.4, 0.5) is 0 Å². The van der Waals surface area contributed by atoms with Crippen molar-refractivity contribution in [1.29, 1.82) is 0 Å². The van der Waals surface area contributed by atoms with Gasteiger partial charge in [0.1, 0.15) is 0 Å². The van der Waals surface area contributed by atoms with Crippen LogP contribution in [0, 0.1) is 19.3 Å². The fourth-order valence-corrected chi connectivity index (χ4v) is 3.34. The van der Waals surface area contributed by atoms with Crippen LogP contribution in [0.3, 0.4) is 0 Å². The molecule has 0 saturated heterocycles. The Balaban J connectivity index is 3.54. The van der Waals surface area contributed by atoms with Crippen LogP contribution in [0.1, 0.15) is 31.9 Å². The summed E-state index contributed by atoms with van der Waals surface area (Å²) in [6.45, 7) is 8.08. The van der Waals surface area contributed by atoms with Crippen LogP contribution in [0.25, 0.3) is 5.53 Å². The van der Waals surface area contributed by atoms with Crippen LogP contribution in [-0.2, 0) is 14.6 Å². The summed E-state index contributed by atoms with van der Waals surface area (Å²) in [4.78, 5) is 14.9. The highest BCUT2D eigenvalue weighted by Crippen LogP contribution is 2.23. The van der Waals surface area contributed by atoms with Gasteiger partial charge in [-0.25, -0.2) is 8.42 Å². The molecule has 6 heteroatoms. The van der Waals surface area contributed by atoms with Crippen LogP contribution in [0.2, 0.25) is 0 Å². The first-order valence-electron chi connectivity index (χ1n) is 6.11. The molecular weight excluding hydrogens is 276 g/mol. The number of hydrogen-bond acceptors (Lipinski definition) is 3. The smallest absolute Gasteiger partial charge is 0.360 e. The molecule has 0 aromatic heterocycles. The number of aryl methyl sites for hydroxylation is 2. The molecule has 0 N–H and O–H groups in total. The van der Waals surface area contributed by atoms with E-state index in [9.17, 15) is 13.2 Å². The lowest BCUT2D eigenvalue weighted by Crippen LogP contribution is -2.35. The van der Waals surface area contributed by atoms with E-state index in [1.165, 1.54) is 6.07 Å². The van der Waals surface area contributed by atoms with Crippen molar-refractivity contribution in [3.8, 4) is 0 Å². The van der Waals surface area contributed by atoms with Crippen molar-refractivity contribution < 1.29 is 18.0 Å². The standard InChI is InChI=1S/C14H18N2O3S/c1-9-6-7-10(2)11(8-9)20(18,19)13(16-15)12(17)14(3,4)5/h6-8H,1-5H3. The highest BCUT2D eigenvalue weighted by molar-refractivity contribution is 8.08. The molecule has 5 nitrogen and oxygen atoms in total. The SMILES string of the molecule is Cc1ccc(C)c(S(=O)(=O)C(=[N+]=[N-])C(=O)C(C)(C)C)c1. The Morgan fingerprint density at radius 3 is 2.20 bits per heavy atom. The number of rotatable bonds is 2. The Bertz CT molecular complexity index is 706. The van der Waals surface area contributed by atoms with Gasteiger partial charge < -0.3 is 5.53 Å². The van der Waals surface area contributed by atoms with Crippen LogP contribution in [-0.4, -0.2) is 24.0 Å². The summed E-state index contributed by atoms with van der Waals surface area (Å²) in [5.74, 6) is -0.721. The summed E-state index contributed by atoms with van der Waals surface area (Å²) in [6.07, 6.45) is 0. The summed E-state index contributed by atoms with van der Waals surface area (Å²) in [5.41, 5.74) is 9.30. The van der Waals surface area contributed by atoms with Crippen LogP contribution in [0.5, 0.6) is 0 Å². The van der Waals surface area contributed by atoms with E-state index in [-0.39, 0.29) is 4.90 Å². The van der Waals surface area contributed by atoms with E-state index in [1.807, 2.05) is 0 Å². The van der Waals surface area contributed by atoms with Crippen molar-refractivity contribution >= 4 is 20.7 Å². The minimum Gasteiger partial charge on any atom is -0.360 e. The molecule has 0 heterocycles. The maximum atomic E-state index is 12.5. The molecule has 0 aliphatic heterocycles. The van der Waals surface area contributed by atoms with Crippen molar-refractivity contribution in [3.63, 3.8) is 0 Å². The van der Waals surface area contributed by atoms with Gasteiger partial charge in [-0.3, -0.25) is 4.79 Å². The van der Waals surface area contributed by atoms with Crippen LogP contribution < -0.4 is 0 Å². The zero-order chi connectivity index (χ0) is 15.7. The monoisotopic (exact) mass is 294 g/mol. The second-order valence-corrected chi connectivity index (χ2v) is 7.59. The third-order valence-electron chi connectivity index (χ3n) is 2.85. The third kappa shape index (κ3) is 3.03. The lowest BCUT2D eigenvalue weighted by atomic mass is 9.91. The molecule has 1 aromatic rings. The van der Waals surface area contributed by atoms with E-state index in [0.717, 1.165) is 5.56 Å². The number of sulfone groups is 1. The maximum Gasteiger partial charge on any atom is 0.452 e. The predicted molar refractivity (Wildman–Crippen MR) is 76.2 cm³/mol. The highest BCUT2D eigenvalue weighted by atomic mass is 32.2. The van der Waals surface area contributed by atoms with Gasteiger partial charge in [0, 0.05) is 5.41 Å². The molecule has 0 bridgehead atoms. The van der Waals surface area contributed by atoms with E-state index >= 15 is 0 Å². The van der Waals surface area contributed by atoms with Gasteiger partial charge in [-0.1, -0.05) is 32.9 Å². The first-order chi connectivity index (χ1) is 9.01. The fourth-order valence-electron chi connectivity index (χ4n) is 1.64. The van der Waals surface area contributed by atoms with Gasteiger partial charge in [0.05, 0.1) is 4.90 Å². The molecule has 0 unspecified atom stereocenters. The topological polar surface area (TPSA) is 87.6 Å². The lowest BCUT2D eigenvalue weighted by Gasteiger charge is -2.13. The normalized spacial score (nSPS) is 11.8. The zero-order valence-electron chi connectivity index (χ0n) is 12.3. The molecule has 1 aromatic carbocycles. The largest absolute Gasteiger partial charge is 0.452 e. The van der Waals surface area contributed by atoms with Gasteiger partial charge in [-0.2, -0.15) is 0 Å². The van der Waals surface area contributed by atoms with Gasteiger partial charge >= 0.3 is 5.04 Å². The molecule has 0 saturated carbocycles. The molecule has 108 valence electrons. The minimum atomic E-state index is -4.14. The van der Waals surface area contributed by atoms with E-state index in [2.05, 4.69) is 4.79 Å². The Hall–Kier alpha value is -1.78. The Kier molecular flexibility index (Phi) is 4.32. The van der Waals surface area contributed by atoms with Gasteiger partial charge in [-0.15, -0.1) is 4.79 Å². The quantitative estimate of drug-likeness (QED) is 0.363. The summed E-state index contributed by atoms with van der Waals surface area (Å²) in [5, 5.41) is -0.821. The van der Waals surface area contributed by atoms with Crippen LogP contribution in [0.15, 0.2) is 23.1 Å². The van der Waals surface area contributed by atoms with Crippen molar-refractivity contribution in [1.82, 2.24) is 0 Å². The average molecular weight is 294 g/mol. The summed E-state index contributed by atoms with van der Waals surface area (Å²) >= 11 is 0. The zero-order valence-corrected chi connectivity index (χ0v) is 13.1. The number of ketones is 1. The summed E-state index contributed by atoms with van der Waals surface area (Å²) in [7, 11) is -4.14. The molecule has 0 atom stereocenters. The van der Waals surface area contributed by atoms with E-state index < -0.39 is 26.1 Å². The highest BCUT2D eigenvalue weighted by Gasteiger charge is 2.43. The fraction of sp³-hybridized carbons (Fsp3) is 0.429. The van der Waals surface area contributed by atoms with E-state index in [0.29, 0.717) is 5.56 Å². The van der Waals surface area contributed by atoms with Crippen molar-refractivity contribution in [2.45, 2.75) is 39.5 Å². The maximum absolute atomic E-state index is 12.5. The number of carbonyl (C=O) groups excluding carboxylic acids is 1. The van der Waals surface area contributed by atoms with Gasteiger partial charge in [0.25, 0.3) is 15.6 Å². The van der Waals surface area contributed by atoms with Gasteiger partial charge in [0.15, 0.2) is 0 Å². The minimum absolute atomic E-state index is 0.0112. The molecular formula is C14H18N2O3S. The number of benzene rings is 1. The predicted octanol–water partition coefficient (Wildman–Crippen LogP) is 2.32. The van der Waals surface area contributed by atoms with Crippen molar-refractivity contribution in [2.24, 2.45) is 5.41 Å². The Labute approximate surface area is 119 Å². The van der Waals surface area contributed by atoms with Crippen molar-refractivity contribution in [2.75, 3.05) is 0 Å². The molecule has 0 spiro atoms. The number of nitrogens with zero attached hydrogens (tertiary/aromatic N) is 2. The van der Waals surface area contributed by atoms with Gasteiger partial charge in [-0.05, 0) is 31.0 Å².